The minimum atomic E-state index is -7.07. The lowest BCUT2D eigenvalue weighted by Gasteiger charge is -2.35. The molecular weight excluding hydrogens is 568 g/mol. The smallest absolute Gasteiger partial charge is 0.412 e. The molecular formula is C12H7F14NO7S. The quantitative estimate of drug-likeness (QED) is 0.150. The van der Waals surface area contributed by atoms with Crippen molar-refractivity contribution in [2.45, 2.75) is 41.8 Å². The normalized spacial score (nSPS) is 16.0. The van der Waals surface area contributed by atoms with Crippen LogP contribution in [0.3, 0.4) is 0 Å². The van der Waals surface area contributed by atoms with E-state index in [1.807, 2.05) is 6.58 Å². The summed E-state index contributed by atoms with van der Waals surface area (Å²) in [5.74, 6) is -13.7. The monoisotopic (exact) mass is 575 g/mol. The summed E-state index contributed by atoms with van der Waals surface area (Å²) in [6.45, 7) is -1.67. The van der Waals surface area contributed by atoms with Gasteiger partial charge in [0.2, 0.25) is 6.04 Å². The molecule has 0 aromatic carbocycles. The van der Waals surface area contributed by atoms with Crippen LogP contribution in [0.2, 0.25) is 0 Å². The Balaban J connectivity index is 6.86. The zero-order valence-corrected chi connectivity index (χ0v) is 16.4. The van der Waals surface area contributed by atoms with Crippen molar-refractivity contribution in [3.05, 3.63) is 12.2 Å². The van der Waals surface area contributed by atoms with Crippen LogP contribution in [0.25, 0.3) is 0 Å². The van der Waals surface area contributed by atoms with Crippen molar-refractivity contribution in [3.63, 3.8) is 0 Å². The van der Waals surface area contributed by atoms with Crippen molar-refractivity contribution in [1.82, 2.24) is 5.32 Å². The van der Waals surface area contributed by atoms with Crippen LogP contribution in [0.15, 0.2) is 12.2 Å². The maximum Gasteiger partial charge on any atom is 0.466 e. The third kappa shape index (κ3) is 7.78. The number of ether oxygens (including phenoxy) is 2. The Morgan fingerprint density at radius 1 is 0.857 bits per heavy atom. The highest BCUT2D eigenvalue weighted by atomic mass is 32.2. The molecule has 1 atom stereocenters. The molecule has 0 aliphatic heterocycles. The fraction of sp³-hybridized carbons (Fsp3) is 0.667. The Labute approximate surface area is 182 Å². The second-order valence-corrected chi connectivity index (χ2v) is 7.42. The lowest BCUT2D eigenvalue weighted by Crippen LogP contribution is -2.67. The van der Waals surface area contributed by atoms with Crippen LogP contribution in [0.4, 0.5) is 61.5 Å². The van der Waals surface area contributed by atoms with E-state index < -0.39 is 81.3 Å². The van der Waals surface area contributed by atoms with Gasteiger partial charge in [-0.1, -0.05) is 6.58 Å². The second-order valence-electron chi connectivity index (χ2n) is 5.87. The van der Waals surface area contributed by atoms with Gasteiger partial charge in [-0.3, -0.25) is 9.35 Å². The van der Waals surface area contributed by atoms with E-state index >= 15 is 0 Å². The van der Waals surface area contributed by atoms with Crippen molar-refractivity contribution in [2.24, 2.45) is 0 Å². The molecule has 23 heteroatoms. The van der Waals surface area contributed by atoms with Gasteiger partial charge in [-0.25, -0.2) is 4.79 Å². The molecule has 0 radical (unpaired) electrons. The number of hydrogen-bond donors (Lipinski definition) is 2. The maximum absolute atomic E-state index is 13.5. The molecule has 0 spiro atoms. The molecule has 206 valence electrons. The molecule has 1 unspecified atom stereocenters. The predicted molar refractivity (Wildman–Crippen MR) is 76.6 cm³/mol. The first-order valence-electron chi connectivity index (χ1n) is 7.50. The van der Waals surface area contributed by atoms with E-state index in [0.29, 0.717) is 0 Å². The predicted octanol–water partition coefficient (Wildman–Crippen LogP) is 3.01. The number of alkyl halides is 14. The highest BCUT2D eigenvalue weighted by Gasteiger charge is 2.70. The van der Waals surface area contributed by atoms with E-state index in [9.17, 15) is 79.5 Å². The summed E-state index contributed by atoms with van der Waals surface area (Å²) in [6.07, 6.45) is -26.5. The third-order valence-electron chi connectivity index (χ3n) is 3.25. The minimum Gasteiger partial charge on any atom is -0.412 e. The van der Waals surface area contributed by atoms with Crippen LogP contribution in [0.1, 0.15) is 0 Å². The first-order chi connectivity index (χ1) is 15.0. The van der Waals surface area contributed by atoms with E-state index in [0.717, 1.165) is 0 Å². The average Bonchev–Trinajstić information content (AvgIpc) is 2.57. The van der Waals surface area contributed by atoms with Crippen molar-refractivity contribution in [2.75, 3.05) is 6.61 Å². The molecule has 0 aromatic heterocycles. The van der Waals surface area contributed by atoms with E-state index in [-0.39, 0.29) is 0 Å². The first-order valence-corrected chi connectivity index (χ1v) is 8.94. The average molecular weight is 575 g/mol. The number of rotatable bonds is 8. The van der Waals surface area contributed by atoms with E-state index in [1.54, 1.807) is 0 Å². The molecule has 0 heterocycles. The molecule has 2 N–H and O–H groups in total. The van der Waals surface area contributed by atoms with Crippen molar-refractivity contribution < 1.29 is 93.5 Å². The zero-order chi connectivity index (χ0) is 28.6. The van der Waals surface area contributed by atoms with Gasteiger partial charge in [-0.05, 0) is 0 Å². The first kappa shape index (κ1) is 32.6. The highest BCUT2D eigenvalue weighted by Crippen LogP contribution is 2.41. The van der Waals surface area contributed by atoms with Crippen molar-refractivity contribution >= 4 is 22.0 Å². The standard InChI is InChI=1S/C12H7F14NO7S/c1-3(9(15,16)17)4(28)34-8(12(24,25)26,33-2-7(13,14)35(30,31)32)6(29)27-5(10(18,19)20)11(21,22)23/h5H,1-2H2,(H,27,29)(H,30,31,32). The van der Waals surface area contributed by atoms with Crippen LogP contribution in [-0.2, 0) is 29.2 Å². The molecule has 0 bridgehead atoms. The molecule has 0 aliphatic rings. The summed E-state index contributed by atoms with van der Waals surface area (Å²) < 4.78 is 215. The van der Waals surface area contributed by atoms with Gasteiger partial charge in [-0.2, -0.15) is 69.9 Å². The van der Waals surface area contributed by atoms with Gasteiger partial charge < -0.3 is 14.8 Å². The number of carbonyl (C=O) groups is 2. The van der Waals surface area contributed by atoms with Crippen LogP contribution >= 0.6 is 0 Å². The van der Waals surface area contributed by atoms with Gasteiger partial charge in [0.15, 0.2) is 0 Å². The number of esters is 1. The Bertz CT molecular complexity index is 919. The van der Waals surface area contributed by atoms with Crippen molar-refractivity contribution in [1.29, 1.82) is 0 Å². The number of carbonyl (C=O) groups excluding carboxylic acids is 2. The van der Waals surface area contributed by atoms with Crippen LogP contribution in [-0.4, -0.2) is 73.2 Å². The lowest BCUT2D eigenvalue weighted by atomic mass is 10.2. The van der Waals surface area contributed by atoms with Gasteiger partial charge in [0.05, 0.1) is 0 Å². The summed E-state index contributed by atoms with van der Waals surface area (Å²) in [4.78, 5) is 23.1. The molecule has 0 rings (SSSR count). The van der Waals surface area contributed by atoms with Gasteiger partial charge in [0, 0.05) is 0 Å². The third-order valence-corrected chi connectivity index (χ3v) is 4.12. The summed E-state index contributed by atoms with van der Waals surface area (Å²) in [6, 6.07) is -5.28. The number of halogens is 14. The molecule has 1 amide bonds. The number of nitrogens with one attached hydrogen (secondary N) is 1. The largest absolute Gasteiger partial charge is 0.466 e. The Morgan fingerprint density at radius 2 is 1.26 bits per heavy atom. The minimum absolute atomic E-state index is 0.477. The molecule has 0 saturated carbocycles. The van der Waals surface area contributed by atoms with Gasteiger partial charge in [-0.15, -0.1) is 0 Å². The van der Waals surface area contributed by atoms with E-state index in [1.165, 1.54) is 0 Å². The fourth-order valence-corrected chi connectivity index (χ4v) is 1.76. The van der Waals surface area contributed by atoms with Gasteiger partial charge in [0.1, 0.15) is 12.2 Å². The van der Waals surface area contributed by atoms with Crippen LogP contribution in [0, 0.1) is 0 Å². The maximum atomic E-state index is 13.5. The fourth-order valence-electron chi connectivity index (χ4n) is 1.55. The summed E-state index contributed by atoms with van der Waals surface area (Å²) >= 11 is 0. The molecule has 0 saturated heterocycles. The summed E-state index contributed by atoms with van der Waals surface area (Å²) in [5, 5.41) is -6.42. The van der Waals surface area contributed by atoms with Crippen LogP contribution < -0.4 is 5.32 Å². The van der Waals surface area contributed by atoms with Gasteiger partial charge >= 0.3 is 57.7 Å². The summed E-state index contributed by atoms with van der Waals surface area (Å²) in [7, 11) is -6.79. The molecule has 0 fully saturated rings. The Kier molecular flexibility index (Phi) is 8.89. The summed E-state index contributed by atoms with van der Waals surface area (Å²) in [5.41, 5.74) is -3.01. The molecule has 35 heavy (non-hydrogen) atoms. The van der Waals surface area contributed by atoms with Crippen molar-refractivity contribution in [3.8, 4) is 0 Å². The van der Waals surface area contributed by atoms with E-state index in [2.05, 4.69) is 9.47 Å². The van der Waals surface area contributed by atoms with Crippen LogP contribution in [0.5, 0.6) is 0 Å². The molecule has 0 aliphatic carbocycles. The molecule has 0 aromatic rings. The topological polar surface area (TPSA) is 119 Å². The SMILES string of the molecule is C=C(C(=O)OC(OCC(F)(F)S(=O)(=O)O)(C(=O)NC(C(F)(F)F)C(F)(F)F)C(F)(F)F)C(F)(F)F. The lowest BCUT2D eigenvalue weighted by molar-refractivity contribution is -0.355. The number of hydrogen-bond acceptors (Lipinski definition) is 6. The van der Waals surface area contributed by atoms with E-state index in [4.69, 9.17) is 4.55 Å². The second kappa shape index (κ2) is 9.55. The van der Waals surface area contributed by atoms with Gasteiger partial charge in [0.25, 0.3) is 0 Å². The molecule has 8 nitrogen and oxygen atoms in total. The highest BCUT2D eigenvalue weighted by molar-refractivity contribution is 7.86. The number of amides is 1. The Morgan fingerprint density at radius 3 is 1.54 bits per heavy atom. The zero-order valence-electron chi connectivity index (χ0n) is 15.6. The Hall–Kier alpha value is -2.43.